The van der Waals surface area contributed by atoms with Crippen molar-refractivity contribution in [1.82, 2.24) is 0 Å². The molecule has 0 unspecified atom stereocenters. The summed E-state index contributed by atoms with van der Waals surface area (Å²) in [5.74, 6) is -0.278. The SMILES string of the molecule is CCCCC[Si@H]1CC[C@H](c2ccc(OC(=O)c3ccc(C#N)c(F)c3)cc2)CC1. The monoisotopic (exact) mass is 409 g/mol. The van der Waals surface area contributed by atoms with Gasteiger partial charge in [0.2, 0.25) is 0 Å². The van der Waals surface area contributed by atoms with Crippen molar-refractivity contribution in [3.05, 3.63) is 65.0 Å². The van der Waals surface area contributed by atoms with Gasteiger partial charge in [-0.25, -0.2) is 9.18 Å². The highest BCUT2D eigenvalue weighted by molar-refractivity contribution is 6.59. The van der Waals surface area contributed by atoms with Crippen LogP contribution in [0.25, 0.3) is 0 Å². The second-order valence-electron chi connectivity index (χ2n) is 7.98. The van der Waals surface area contributed by atoms with Crippen LogP contribution in [0.5, 0.6) is 5.75 Å². The third kappa shape index (κ3) is 5.77. The zero-order valence-corrected chi connectivity index (χ0v) is 18.1. The number of carbonyl (C=O) groups is 1. The molecule has 1 saturated heterocycles. The first-order valence-electron chi connectivity index (χ1n) is 10.6. The van der Waals surface area contributed by atoms with E-state index in [1.54, 1.807) is 6.07 Å². The molecule has 1 fully saturated rings. The van der Waals surface area contributed by atoms with Gasteiger partial charge in [-0.3, -0.25) is 0 Å². The molecule has 0 saturated carbocycles. The molecular weight excluding hydrogens is 381 g/mol. The molecular formula is C24H28FNO2Si. The molecule has 0 aliphatic carbocycles. The summed E-state index contributed by atoms with van der Waals surface area (Å²) in [5.41, 5.74) is 1.32. The van der Waals surface area contributed by atoms with Crippen molar-refractivity contribution in [1.29, 1.82) is 5.26 Å². The van der Waals surface area contributed by atoms with Gasteiger partial charge in [-0.2, -0.15) is 5.26 Å². The lowest BCUT2D eigenvalue weighted by Gasteiger charge is -2.28. The minimum Gasteiger partial charge on any atom is -0.423 e. The van der Waals surface area contributed by atoms with E-state index in [4.69, 9.17) is 10.00 Å². The van der Waals surface area contributed by atoms with Crippen molar-refractivity contribution in [2.24, 2.45) is 0 Å². The Morgan fingerprint density at radius 3 is 2.52 bits per heavy atom. The van der Waals surface area contributed by atoms with Gasteiger partial charge in [-0.15, -0.1) is 0 Å². The third-order valence-electron chi connectivity index (χ3n) is 5.95. The van der Waals surface area contributed by atoms with Crippen LogP contribution in [0.15, 0.2) is 42.5 Å². The highest BCUT2D eigenvalue weighted by atomic mass is 28.3. The predicted molar refractivity (Wildman–Crippen MR) is 116 cm³/mol. The summed E-state index contributed by atoms with van der Waals surface area (Å²) >= 11 is 0. The first-order chi connectivity index (χ1) is 14.1. The Labute approximate surface area is 174 Å². The highest BCUT2D eigenvalue weighted by Crippen LogP contribution is 2.35. The number of nitriles is 1. The number of rotatable bonds is 7. The molecule has 3 nitrogen and oxygen atoms in total. The second-order valence-corrected chi connectivity index (χ2v) is 11.4. The molecule has 1 aliphatic heterocycles. The molecule has 0 amide bonds. The lowest BCUT2D eigenvalue weighted by molar-refractivity contribution is 0.0734. The van der Waals surface area contributed by atoms with E-state index in [-0.39, 0.29) is 11.1 Å². The first kappa shape index (κ1) is 21.3. The number of hydrogen-bond donors (Lipinski definition) is 0. The molecule has 5 heteroatoms. The molecule has 0 atom stereocenters. The van der Waals surface area contributed by atoms with Crippen molar-refractivity contribution in [2.45, 2.75) is 63.1 Å². The van der Waals surface area contributed by atoms with Crippen LogP contribution in [0, 0.1) is 17.1 Å². The number of benzene rings is 2. The van der Waals surface area contributed by atoms with E-state index in [9.17, 15) is 9.18 Å². The van der Waals surface area contributed by atoms with E-state index in [1.807, 2.05) is 24.3 Å². The highest BCUT2D eigenvalue weighted by Gasteiger charge is 2.23. The second kappa shape index (κ2) is 10.4. The summed E-state index contributed by atoms with van der Waals surface area (Å²) in [7, 11) is -0.515. The minimum atomic E-state index is -0.717. The summed E-state index contributed by atoms with van der Waals surface area (Å²) < 4.78 is 19.1. The van der Waals surface area contributed by atoms with Crippen LogP contribution in [0.3, 0.4) is 0 Å². The van der Waals surface area contributed by atoms with Gasteiger partial charge in [0.15, 0.2) is 0 Å². The minimum absolute atomic E-state index is 0.0888. The third-order valence-corrected chi connectivity index (χ3v) is 9.47. The smallest absolute Gasteiger partial charge is 0.343 e. The van der Waals surface area contributed by atoms with Gasteiger partial charge >= 0.3 is 5.97 Å². The Kier molecular flexibility index (Phi) is 7.59. The molecule has 1 heterocycles. The fourth-order valence-electron chi connectivity index (χ4n) is 4.17. The van der Waals surface area contributed by atoms with Crippen LogP contribution in [-0.2, 0) is 0 Å². The molecule has 0 spiro atoms. The van der Waals surface area contributed by atoms with Gasteiger partial charge in [-0.05, 0) is 54.7 Å². The first-order valence-corrected chi connectivity index (χ1v) is 13.1. The zero-order chi connectivity index (χ0) is 20.6. The van der Waals surface area contributed by atoms with Gasteiger partial charge in [0.25, 0.3) is 0 Å². The van der Waals surface area contributed by atoms with Gasteiger partial charge < -0.3 is 4.74 Å². The summed E-state index contributed by atoms with van der Waals surface area (Å²) in [4.78, 5) is 12.2. The van der Waals surface area contributed by atoms with Crippen molar-refractivity contribution in [3.8, 4) is 11.8 Å². The molecule has 3 rings (SSSR count). The Morgan fingerprint density at radius 1 is 1.17 bits per heavy atom. The van der Waals surface area contributed by atoms with Crippen LogP contribution in [0.1, 0.15) is 66.4 Å². The predicted octanol–water partition coefficient (Wildman–Crippen LogP) is 6.21. The van der Waals surface area contributed by atoms with Gasteiger partial charge in [0.05, 0.1) is 11.1 Å². The molecule has 2 aromatic carbocycles. The summed E-state index contributed by atoms with van der Waals surface area (Å²) in [6.07, 6.45) is 6.67. The quantitative estimate of drug-likeness (QED) is 0.236. The maximum Gasteiger partial charge on any atom is 0.343 e. The average Bonchev–Trinajstić information content (AvgIpc) is 2.75. The van der Waals surface area contributed by atoms with E-state index in [2.05, 4.69) is 6.92 Å². The fourth-order valence-corrected chi connectivity index (χ4v) is 7.65. The molecule has 1 aliphatic rings. The molecule has 0 N–H and O–H groups in total. The Morgan fingerprint density at radius 2 is 1.90 bits per heavy atom. The molecule has 0 radical (unpaired) electrons. The van der Waals surface area contributed by atoms with Crippen LogP contribution in [0.2, 0.25) is 18.1 Å². The maximum atomic E-state index is 13.7. The number of hydrogen-bond acceptors (Lipinski definition) is 3. The van der Waals surface area contributed by atoms with E-state index in [0.29, 0.717) is 11.7 Å². The Balaban J connectivity index is 1.53. The van der Waals surface area contributed by atoms with E-state index < -0.39 is 20.6 Å². The van der Waals surface area contributed by atoms with Crippen LogP contribution in [0.4, 0.5) is 4.39 Å². The van der Waals surface area contributed by atoms with Crippen LogP contribution in [-0.4, -0.2) is 14.8 Å². The molecule has 0 bridgehead atoms. The fraction of sp³-hybridized carbons (Fsp3) is 0.417. The molecule has 29 heavy (non-hydrogen) atoms. The normalized spacial score (nSPS) is 18.8. The number of nitrogens with zero attached hydrogens (tertiary/aromatic N) is 1. The Bertz CT molecular complexity index is 867. The summed E-state index contributed by atoms with van der Waals surface area (Å²) in [6.45, 7) is 2.27. The zero-order valence-electron chi connectivity index (χ0n) is 17.0. The molecule has 0 aromatic heterocycles. The van der Waals surface area contributed by atoms with Crippen molar-refractivity contribution in [3.63, 3.8) is 0 Å². The number of unbranched alkanes of at least 4 members (excludes halogenated alkanes) is 2. The lowest BCUT2D eigenvalue weighted by atomic mass is 9.93. The standard InChI is InChI=1S/C24H28FNO2Si/c1-2-3-4-13-29-14-11-19(12-15-29)18-7-9-22(10-8-18)28-24(27)20-5-6-21(17-26)23(25)16-20/h5-10,16,19,29H,2-4,11-15H2,1H3/t19-,29-. The van der Waals surface area contributed by atoms with Crippen LogP contribution >= 0.6 is 0 Å². The molecule has 2 aromatic rings. The number of carbonyl (C=O) groups excluding carboxylic acids is 1. The number of esters is 1. The number of halogens is 1. The maximum absolute atomic E-state index is 13.7. The van der Waals surface area contributed by atoms with E-state index >= 15 is 0 Å². The molecule has 152 valence electrons. The van der Waals surface area contributed by atoms with E-state index in [0.717, 1.165) is 6.07 Å². The Hall–Kier alpha value is -2.45. The van der Waals surface area contributed by atoms with Crippen molar-refractivity contribution >= 4 is 14.8 Å². The largest absolute Gasteiger partial charge is 0.423 e. The van der Waals surface area contributed by atoms with Gasteiger partial charge in [0, 0.05) is 8.80 Å². The lowest BCUT2D eigenvalue weighted by Crippen LogP contribution is -2.20. The van der Waals surface area contributed by atoms with E-state index in [1.165, 1.54) is 67.9 Å². The van der Waals surface area contributed by atoms with Crippen molar-refractivity contribution in [2.75, 3.05) is 0 Å². The summed E-state index contributed by atoms with van der Waals surface area (Å²) in [6, 6.07) is 17.6. The van der Waals surface area contributed by atoms with Gasteiger partial charge in [0.1, 0.15) is 17.6 Å². The number of ether oxygens (including phenoxy) is 1. The summed E-state index contributed by atoms with van der Waals surface area (Å²) in [5, 5.41) is 8.78. The van der Waals surface area contributed by atoms with Crippen molar-refractivity contribution < 1.29 is 13.9 Å². The van der Waals surface area contributed by atoms with Crippen LogP contribution < -0.4 is 4.74 Å². The topological polar surface area (TPSA) is 50.1 Å². The van der Waals surface area contributed by atoms with Gasteiger partial charge in [-0.1, -0.05) is 56.5 Å². The average molecular weight is 410 g/mol.